The van der Waals surface area contributed by atoms with Gasteiger partial charge in [-0.15, -0.1) is 0 Å². The molecule has 0 unspecified atom stereocenters. The smallest absolute Gasteiger partial charge is 0.256 e. The maximum absolute atomic E-state index is 12.1. The van der Waals surface area contributed by atoms with Gasteiger partial charge in [-0.2, -0.15) is 0 Å². The summed E-state index contributed by atoms with van der Waals surface area (Å²) in [6.07, 6.45) is 2.90. The molecule has 0 atom stereocenters. The fourth-order valence-corrected chi connectivity index (χ4v) is 2.36. The van der Waals surface area contributed by atoms with Gasteiger partial charge in [0.05, 0.1) is 6.61 Å². The van der Waals surface area contributed by atoms with E-state index >= 15 is 0 Å². The third-order valence-electron chi connectivity index (χ3n) is 3.53. The molecule has 4 heteroatoms. The first-order chi connectivity index (χ1) is 9.49. The molecular weight excluding hydrogens is 254 g/mol. The van der Waals surface area contributed by atoms with Crippen LogP contribution in [0.5, 0.6) is 5.75 Å². The van der Waals surface area contributed by atoms with E-state index in [1.165, 1.54) is 0 Å². The topological polar surface area (TPSA) is 58.6 Å². The largest absolute Gasteiger partial charge is 0.493 e. The zero-order valence-electron chi connectivity index (χ0n) is 12.2. The molecule has 0 radical (unpaired) electrons. The van der Waals surface area contributed by atoms with E-state index in [1.807, 2.05) is 12.1 Å². The summed E-state index contributed by atoms with van der Waals surface area (Å²) in [7, 11) is 0. The molecule has 0 spiro atoms. The van der Waals surface area contributed by atoms with Gasteiger partial charge in [0.25, 0.3) is 5.91 Å². The lowest BCUT2D eigenvalue weighted by Gasteiger charge is -2.21. The third kappa shape index (κ3) is 3.73. The summed E-state index contributed by atoms with van der Waals surface area (Å²) in [5.41, 5.74) is -0.536. The van der Waals surface area contributed by atoms with Gasteiger partial charge in [0, 0.05) is 11.8 Å². The highest BCUT2D eigenvalue weighted by Crippen LogP contribution is 2.31. The first-order valence-electron chi connectivity index (χ1n) is 7.26. The predicted molar refractivity (Wildman–Crippen MR) is 78.8 cm³/mol. The molecule has 0 aliphatic heterocycles. The van der Waals surface area contributed by atoms with E-state index in [0.717, 1.165) is 18.6 Å². The van der Waals surface area contributed by atoms with Crippen molar-refractivity contribution in [1.29, 1.82) is 0 Å². The van der Waals surface area contributed by atoms with Crippen LogP contribution in [0.4, 0.5) is 5.69 Å². The summed E-state index contributed by atoms with van der Waals surface area (Å²) >= 11 is 0. The minimum atomic E-state index is -1.20. The van der Waals surface area contributed by atoms with E-state index in [0.29, 0.717) is 31.1 Å². The Morgan fingerprint density at radius 3 is 2.75 bits per heavy atom. The second kappa shape index (κ2) is 6.27. The van der Waals surface area contributed by atoms with Crippen molar-refractivity contribution in [1.82, 2.24) is 0 Å². The van der Waals surface area contributed by atoms with Crippen LogP contribution in [0.25, 0.3) is 0 Å². The van der Waals surface area contributed by atoms with Crippen LogP contribution in [0.15, 0.2) is 24.3 Å². The Bertz CT molecular complexity index is 465. The predicted octanol–water partition coefficient (Wildman–Crippen LogP) is 2.97. The maximum atomic E-state index is 12.1. The van der Waals surface area contributed by atoms with Gasteiger partial charge in [0.15, 0.2) is 0 Å². The molecule has 0 heterocycles. The molecule has 1 saturated carbocycles. The number of aliphatic hydroxyl groups is 1. The van der Waals surface area contributed by atoms with Gasteiger partial charge >= 0.3 is 0 Å². The molecule has 1 amide bonds. The molecule has 1 fully saturated rings. The summed E-state index contributed by atoms with van der Waals surface area (Å²) in [5, 5.41) is 13.0. The summed E-state index contributed by atoms with van der Waals surface area (Å²) < 4.78 is 5.63. The van der Waals surface area contributed by atoms with Crippen LogP contribution in [0.3, 0.4) is 0 Å². The lowest BCUT2D eigenvalue weighted by molar-refractivity contribution is -0.133. The first-order valence-corrected chi connectivity index (χ1v) is 7.26. The van der Waals surface area contributed by atoms with E-state index in [9.17, 15) is 9.90 Å². The Labute approximate surface area is 120 Å². The fraction of sp³-hybridized carbons (Fsp3) is 0.562. The van der Waals surface area contributed by atoms with Gasteiger partial charge in [-0.25, -0.2) is 0 Å². The number of benzene rings is 1. The number of carbonyl (C=O) groups excluding carboxylic acids is 1. The highest BCUT2D eigenvalue weighted by Gasteiger charge is 2.38. The second-order valence-corrected chi connectivity index (χ2v) is 5.93. The van der Waals surface area contributed by atoms with Crippen LogP contribution >= 0.6 is 0 Å². The zero-order valence-corrected chi connectivity index (χ0v) is 12.2. The molecule has 1 aliphatic carbocycles. The minimum absolute atomic E-state index is 0.309. The lowest BCUT2D eigenvalue weighted by atomic mass is 10.0. The summed E-state index contributed by atoms with van der Waals surface area (Å²) in [4.78, 5) is 12.1. The van der Waals surface area contributed by atoms with Crippen molar-refractivity contribution < 1.29 is 14.6 Å². The van der Waals surface area contributed by atoms with Crippen LogP contribution in [-0.2, 0) is 4.79 Å². The molecule has 1 aliphatic rings. The fourth-order valence-electron chi connectivity index (χ4n) is 2.36. The standard InChI is InChI=1S/C16H23NO3/c1-12(2)11-20-14-7-5-6-13(10-14)17-15(18)16(19)8-3-4-9-16/h5-7,10,12,19H,3-4,8-9,11H2,1-2H3,(H,17,18). The van der Waals surface area contributed by atoms with Crippen molar-refractivity contribution in [3.8, 4) is 5.75 Å². The van der Waals surface area contributed by atoms with Gasteiger partial charge < -0.3 is 15.2 Å². The van der Waals surface area contributed by atoms with Crippen molar-refractivity contribution in [2.75, 3.05) is 11.9 Å². The van der Waals surface area contributed by atoms with Crippen LogP contribution in [0, 0.1) is 5.92 Å². The van der Waals surface area contributed by atoms with Crippen LogP contribution in [-0.4, -0.2) is 23.2 Å². The normalized spacial score (nSPS) is 17.2. The molecule has 1 aromatic rings. The van der Waals surface area contributed by atoms with Crippen molar-refractivity contribution in [2.24, 2.45) is 5.92 Å². The van der Waals surface area contributed by atoms with Gasteiger partial charge in [-0.05, 0) is 43.7 Å². The second-order valence-electron chi connectivity index (χ2n) is 5.93. The molecule has 0 aromatic heterocycles. The Kier molecular flexibility index (Phi) is 4.65. The number of rotatable bonds is 5. The number of nitrogens with one attached hydrogen (secondary N) is 1. The van der Waals surface area contributed by atoms with Crippen molar-refractivity contribution in [3.05, 3.63) is 24.3 Å². The van der Waals surface area contributed by atoms with Gasteiger partial charge in [-0.1, -0.05) is 19.9 Å². The van der Waals surface area contributed by atoms with Crippen molar-refractivity contribution in [3.63, 3.8) is 0 Å². The first kappa shape index (κ1) is 14.9. The molecular formula is C16H23NO3. The highest BCUT2D eigenvalue weighted by molar-refractivity contribution is 5.97. The number of hydrogen-bond acceptors (Lipinski definition) is 3. The third-order valence-corrected chi connectivity index (χ3v) is 3.53. The molecule has 110 valence electrons. The molecule has 0 bridgehead atoms. The van der Waals surface area contributed by atoms with Crippen LogP contribution in [0.1, 0.15) is 39.5 Å². The van der Waals surface area contributed by atoms with E-state index in [1.54, 1.807) is 12.1 Å². The Morgan fingerprint density at radius 2 is 2.10 bits per heavy atom. The van der Waals surface area contributed by atoms with Gasteiger partial charge in [-0.3, -0.25) is 4.79 Å². The molecule has 2 N–H and O–H groups in total. The SMILES string of the molecule is CC(C)COc1cccc(NC(=O)C2(O)CCCC2)c1. The molecule has 2 rings (SSSR count). The number of anilines is 1. The number of carbonyl (C=O) groups is 1. The summed E-state index contributed by atoms with van der Waals surface area (Å²) in [6, 6.07) is 7.29. The van der Waals surface area contributed by atoms with E-state index < -0.39 is 5.60 Å². The quantitative estimate of drug-likeness (QED) is 0.870. The van der Waals surface area contributed by atoms with E-state index in [-0.39, 0.29) is 5.91 Å². The van der Waals surface area contributed by atoms with Gasteiger partial charge in [0.1, 0.15) is 11.4 Å². The van der Waals surface area contributed by atoms with Crippen LogP contribution < -0.4 is 10.1 Å². The highest BCUT2D eigenvalue weighted by atomic mass is 16.5. The summed E-state index contributed by atoms with van der Waals surface area (Å²) in [5.74, 6) is 0.873. The lowest BCUT2D eigenvalue weighted by Crippen LogP contribution is -2.40. The monoisotopic (exact) mass is 277 g/mol. The minimum Gasteiger partial charge on any atom is -0.493 e. The Balaban J connectivity index is 1.98. The average molecular weight is 277 g/mol. The van der Waals surface area contributed by atoms with Crippen molar-refractivity contribution in [2.45, 2.75) is 45.1 Å². The Morgan fingerprint density at radius 1 is 1.40 bits per heavy atom. The number of hydrogen-bond donors (Lipinski definition) is 2. The number of ether oxygens (including phenoxy) is 1. The van der Waals surface area contributed by atoms with Crippen LogP contribution in [0.2, 0.25) is 0 Å². The molecule has 20 heavy (non-hydrogen) atoms. The Hall–Kier alpha value is -1.55. The summed E-state index contributed by atoms with van der Waals surface area (Å²) in [6.45, 7) is 4.81. The van der Waals surface area contributed by atoms with E-state index in [4.69, 9.17) is 4.74 Å². The molecule has 4 nitrogen and oxygen atoms in total. The van der Waals surface area contributed by atoms with Crippen molar-refractivity contribution >= 4 is 11.6 Å². The molecule has 1 aromatic carbocycles. The average Bonchev–Trinajstić information content (AvgIpc) is 2.85. The van der Waals surface area contributed by atoms with Gasteiger partial charge in [0.2, 0.25) is 0 Å². The number of amides is 1. The van der Waals surface area contributed by atoms with E-state index in [2.05, 4.69) is 19.2 Å². The molecule has 0 saturated heterocycles. The zero-order chi connectivity index (χ0) is 14.6. The maximum Gasteiger partial charge on any atom is 0.256 e.